The summed E-state index contributed by atoms with van der Waals surface area (Å²) in [6, 6.07) is 3.45. The van der Waals surface area contributed by atoms with E-state index in [4.69, 9.17) is 9.15 Å². The van der Waals surface area contributed by atoms with Crippen molar-refractivity contribution < 1.29 is 19.1 Å². The maximum Gasteiger partial charge on any atom is 0.287 e. The van der Waals surface area contributed by atoms with Gasteiger partial charge in [-0.05, 0) is 25.3 Å². The lowest BCUT2D eigenvalue weighted by Crippen LogP contribution is -2.47. The minimum absolute atomic E-state index is 0.172. The van der Waals surface area contributed by atoms with Gasteiger partial charge in [-0.15, -0.1) is 0 Å². The van der Waals surface area contributed by atoms with Gasteiger partial charge in [-0.2, -0.15) is 11.8 Å². The first-order chi connectivity index (χ1) is 9.05. The number of amides is 1. The molecule has 1 aliphatic heterocycles. The number of hydrogen-bond donors (Lipinski definition) is 2. The second-order valence-corrected chi connectivity index (χ2v) is 5.61. The Balaban J connectivity index is 1.90. The summed E-state index contributed by atoms with van der Waals surface area (Å²) < 4.78 is 10.7. The molecule has 2 rings (SSSR count). The molecule has 0 spiro atoms. The molecular formula is C13H19NO4S. The van der Waals surface area contributed by atoms with E-state index in [2.05, 4.69) is 5.32 Å². The molecule has 1 fully saturated rings. The van der Waals surface area contributed by atoms with Crippen molar-refractivity contribution in [3.8, 4) is 0 Å². The van der Waals surface area contributed by atoms with Gasteiger partial charge in [-0.1, -0.05) is 0 Å². The molecule has 0 aromatic carbocycles. The molecule has 0 radical (unpaired) electrons. The van der Waals surface area contributed by atoms with Crippen LogP contribution in [-0.4, -0.2) is 42.1 Å². The monoisotopic (exact) mass is 285 g/mol. The Labute approximate surface area is 116 Å². The van der Waals surface area contributed by atoms with Crippen LogP contribution in [0.1, 0.15) is 29.7 Å². The zero-order valence-electron chi connectivity index (χ0n) is 11.1. The third kappa shape index (κ3) is 3.32. The highest BCUT2D eigenvalue weighted by Crippen LogP contribution is 2.24. The highest BCUT2D eigenvalue weighted by atomic mass is 32.2. The number of furan rings is 1. The van der Waals surface area contributed by atoms with Crippen LogP contribution in [-0.2, 0) is 10.5 Å². The summed E-state index contributed by atoms with van der Waals surface area (Å²) in [5, 5.41) is 13.0. The molecule has 1 aliphatic rings. The van der Waals surface area contributed by atoms with Crippen molar-refractivity contribution in [2.75, 3.05) is 19.4 Å². The molecule has 1 aromatic rings. The first-order valence-electron chi connectivity index (χ1n) is 6.25. The standard InChI is InChI=1S/C13H19NO4S/c1-9-13(16,5-6-17-9)8-14-12(15)11-4-3-10(18-11)7-19-2/h3-4,9,16H,5-8H2,1-2H3,(H,14,15). The average Bonchev–Trinajstić information content (AvgIpc) is 2.96. The van der Waals surface area contributed by atoms with Crippen molar-refractivity contribution >= 4 is 17.7 Å². The highest BCUT2D eigenvalue weighted by molar-refractivity contribution is 7.97. The molecule has 6 heteroatoms. The molecule has 0 aliphatic carbocycles. The lowest BCUT2D eigenvalue weighted by atomic mass is 9.97. The van der Waals surface area contributed by atoms with E-state index in [1.807, 2.05) is 13.2 Å². The molecule has 1 aromatic heterocycles. The predicted octanol–water partition coefficient (Wildman–Crippen LogP) is 1.41. The van der Waals surface area contributed by atoms with Crippen molar-refractivity contribution in [2.45, 2.75) is 30.8 Å². The molecule has 0 bridgehead atoms. The van der Waals surface area contributed by atoms with Crippen molar-refractivity contribution in [3.05, 3.63) is 23.7 Å². The summed E-state index contributed by atoms with van der Waals surface area (Å²) >= 11 is 1.63. The van der Waals surface area contributed by atoms with Gasteiger partial charge in [-0.3, -0.25) is 4.79 Å². The second-order valence-electron chi connectivity index (χ2n) is 4.75. The molecular weight excluding hydrogens is 266 g/mol. The van der Waals surface area contributed by atoms with Crippen LogP contribution in [0.15, 0.2) is 16.5 Å². The van der Waals surface area contributed by atoms with Gasteiger partial charge in [0.1, 0.15) is 11.4 Å². The molecule has 5 nitrogen and oxygen atoms in total. The van der Waals surface area contributed by atoms with Gasteiger partial charge in [0.15, 0.2) is 5.76 Å². The van der Waals surface area contributed by atoms with Gasteiger partial charge in [0.25, 0.3) is 5.91 Å². The number of nitrogens with one attached hydrogen (secondary N) is 1. The largest absolute Gasteiger partial charge is 0.455 e. The van der Waals surface area contributed by atoms with Crippen LogP contribution >= 0.6 is 11.8 Å². The van der Waals surface area contributed by atoms with Crippen LogP contribution in [0.3, 0.4) is 0 Å². The zero-order valence-corrected chi connectivity index (χ0v) is 12.0. The molecule has 1 saturated heterocycles. The number of carbonyl (C=O) groups is 1. The fourth-order valence-electron chi connectivity index (χ4n) is 2.04. The van der Waals surface area contributed by atoms with Gasteiger partial charge in [-0.25, -0.2) is 0 Å². The van der Waals surface area contributed by atoms with Gasteiger partial charge >= 0.3 is 0 Å². The van der Waals surface area contributed by atoms with E-state index < -0.39 is 5.60 Å². The number of aliphatic hydroxyl groups is 1. The van der Waals surface area contributed by atoms with Crippen molar-refractivity contribution in [1.82, 2.24) is 5.32 Å². The smallest absolute Gasteiger partial charge is 0.287 e. The van der Waals surface area contributed by atoms with Crippen LogP contribution < -0.4 is 5.32 Å². The lowest BCUT2D eigenvalue weighted by Gasteiger charge is -2.25. The van der Waals surface area contributed by atoms with Crippen LogP contribution in [0.4, 0.5) is 0 Å². The Bertz CT molecular complexity index is 448. The number of ether oxygens (including phenoxy) is 1. The number of carbonyl (C=O) groups excluding carboxylic acids is 1. The van der Waals surface area contributed by atoms with Crippen LogP contribution in [0.25, 0.3) is 0 Å². The molecule has 2 atom stereocenters. The van der Waals surface area contributed by atoms with Crippen LogP contribution in [0, 0.1) is 0 Å². The number of rotatable bonds is 5. The zero-order chi connectivity index (χ0) is 13.9. The molecule has 2 heterocycles. The number of thioether (sulfide) groups is 1. The molecule has 106 valence electrons. The van der Waals surface area contributed by atoms with Crippen molar-refractivity contribution in [1.29, 1.82) is 0 Å². The van der Waals surface area contributed by atoms with Gasteiger partial charge < -0.3 is 19.6 Å². The highest BCUT2D eigenvalue weighted by Gasteiger charge is 2.39. The average molecular weight is 285 g/mol. The summed E-state index contributed by atoms with van der Waals surface area (Å²) in [7, 11) is 0. The van der Waals surface area contributed by atoms with Crippen molar-refractivity contribution in [2.24, 2.45) is 0 Å². The van der Waals surface area contributed by atoms with E-state index in [1.54, 1.807) is 23.9 Å². The minimum atomic E-state index is -0.982. The first kappa shape index (κ1) is 14.4. The summed E-state index contributed by atoms with van der Waals surface area (Å²) in [5.74, 6) is 1.48. The van der Waals surface area contributed by atoms with Crippen LogP contribution in [0.2, 0.25) is 0 Å². The van der Waals surface area contributed by atoms with Crippen LogP contribution in [0.5, 0.6) is 0 Å². The molecule has 19 heavy (non-hydrogen) atoms. The topological polar surface area (TPSA) is 71.7 Å². The van der Waals surface area contributed by atoms with E-state index in [0.717, 1.165) is 11.5 Å². The van der Waals surface area contributed by atoms with Gasteiger partial charge in [0, 0.05) is 19.6 Å². The fourth-order valence-corrected chi connectivity index (χ4v) is 2.48. The second kappa shape index (κ2) is 5.98. The van der Waals surface area contributed by atoms with E-state index in [1.165, 1.54) is 0 Å². The minimum Gasteiger partial charge on any atom is -0.455 e. The molecule has 1 amide bonds. The van der Waals surface area contributed by atoms with E-state index in [9.17, 15) is 9.90 Å². The third-order valence-electron chi connectivity index (χ3n) is 3.39. The number of hydrogen-bond acceptors (Lipinski definition) is 5. The lowest BCUT2D eigenvalue weighted by molar-refractivity contribution is -0.0252. The van der Waals surface area contributed by atoms with E-state index >= 15 is 0 Å². The first-order valence-corrected chi connectivity index (χ1v) is 7.64. The summed E-state index contributed by atoms with van der Waals surface area (Å²) in [5.41, 5.74) is -0.982. The van der Waals surface area contributed by atoms with E-state index in [-0.39, 0.29) is 24.3 Å². The summed E-state index contributed by atoms with van der Waals surface area (Å²) in [4.78, 5) is 11.9. The quantitative estimate of drug-likeness (QED) is 0.856. The van der Waals surface area contributed by atoms with E-state index in [0.29, 0.717) is 13.0 Å². The van der Waals surface area contributed by atoms with Gasteiger partial charge in [0.2, 0.25) is 0 Å². The Hall–Kier alpha value is -0.980. The Morgan fingerprint density at radius 1 is 1.63 bits per heavy atom. The SMILES string of the molecule is CSCc1ccc(C(=O)NCC2(O)CCOC2C)o1. The predicted molar refractivity (Wildman–Crippen MR) is 73.2 cm³/mol. The maximum atomic E-state index is 11.9. The Morgan fingerprint density at radius 3 is 3.05 bits per heavy atom. The Morgan fingerprint density at radius 2 is 2.42 bits per heavy atom. The maximum absolute atomic E-state index is 11.9. The summed E-state index contributed by atoms with van der Waals surface area (Å²) in [6.07, 6.45) is 2.24. The van der Waals surface area contributed by atoms with Crippen molar-refractivity contribution in [3.63, 3.8) is 0 Å². The molecule has 0 saturated carbocycles. The Kier molecular flexibility index (Phi) is 4.54. The van der Waals surface area contributed by atoms with Gasteiger partial charge in [0.05, 0.1) is 11.9 Å². The molecule has 2 N–H and O–H groups in total. The summed E-state index contributed by atoms with van der Waals surface area (Å²) in [6.45, 7) is 2.50. The molecule has 2 unspecified atom stereocenters. The fraction of sp³-hybridized carbons (Fsp3) is 0.615. The third-order valence-corrected chi connectivity index (χ3v) is 3.96. The normalized spacial score (nSPS) is 26.6.